The van der Waals surface area contributed by atoms with Crippen molar-refractivity contribution in [1.82, 2.24) is 9.97 Å². The maximum Gasteiger partial charge on any atom is 0.268 e. The molecule has 1 N–H and O–H groups in total. The molecule has 1 aromatic carbocycles. The van der Waals surface area contributed by atoms with Gasteiger partial charge < -0.3 is 14.8 Å². The summed E-state index contributed by atoms with van der Waals surface area (Å²) in [5.41, 5.74) is 2.24. The van der Waals surface area contributed by atoms with E-state index in [1.54, 1.807) is 7.11 Å². The minimum Gasteiger partial charge on any atom is -0.489 e. The molecule has 20 heavy (non-hydrogen) atoms. The maximum atomic E-state index is 5.86. The first kappa shape index (κ1) is 14.1. The molecule has 0 amide bonds. The van der Waals surface area contributed by atoms with E-state index in [1.807, 2.05) is 32.9 Å². The average molecular weight is 273 g/mol. The smallest absolute Gasteiger partial charge is 0.268 e. The molecule has 5 heteroatoms. The van der Waals surface area contributed by atoms with Gasteiger partial charge in [0, 0.05) is 6.54 Å². The first-order chi connectivity index (χ1) is 9.65. The summed E-state index contributed by atoms with van der Waals surface area (Å²) < 4.78 is 11.2. The van der Waals surface area contributed by atoms with E-state index in [0.717, 1.165) is 17.9 Å². The Morgan fingerprint density at radius 3 is 2.65 bits per heavy atom. The van der Waals surface area contributed by atoms with E-state index in [0.29, 0.717) is 17.4 Å². The Hall–Kier alpha value is -2.30. The van der Waals surface area contributed by atoms with Crippen LogP contribution in [0, 0.1) is 13.8 Å². The van der Waals surface area contributed by atoms with Crippen molar-refractivity contribution >= 4 is 5.82 Å². The van der Waals surface area contributed by atoms with Gasteiger partial charge in [-0.2, -0.15) is 4.98 Å². The molecule has 5 nitrogen and oxygen atoms in total. The van der Waals surface area contributed by atoms with Crippen LogP contribution in [0.4, 0.5) is 5.82 Å². The van der Waals surface area contributed by atoms with Gasteiger partial charge in [0.1, 0.15) is 12.1 Å². The van der Waals surface area contributed by atoms with E-state index < -0.39 is 0 Å². The third kappa shape index (κ3) is 2.99. The molecule has 1 aromatic heterocycles. The van der Waals surface area contributed by atoms with Crippen molar-refractivity contribution in [2.75, 3.05) is 19.0 Å². The van der Waals surface area contributed by atoms with Crippen LogP contribution in [0.25, 0.3) is 0 Å². The van der Waals surface area contributed by atoms with E-state index in [4.69, 9.17) is 9.47 Å². The maximum absolute atomic E-state index is 5.86. The Kier molecular flexibility index (Phi) is 4.40. The number of nitrogens with one attached hydrogen (secondary N) is 1. The number of nitrogens with zero attached hydrogens (tertiary/aromatic N) is 2. The monoisotopic (exact) mass is 273 g/mol. The van der Waals surface area contributed by atoms with Crippen molar-refractivity contribution in [3.05, 3.63) is 35.7 Å². The molecule has 0 saturated carbocycles. The van der Waals surface area contributed by atoms with Gasteiger partial charge in [-0.25, -0.2) is 4.98 Å². The summed E-state index contributed by atoms with van der Waals surface area (Å²) in [6.45, 7) is 6.79. The second-order valence-electron chi connectivity index (χ2n) is 4.46. The van der Waals surface area contributed by atoms with Gasteiger partial charge in [-0.15, -0.1) is 0 Å². The Labute approximate surface area is 119 Å². The van der Waals surface area contributed by atoms with Crippen LogP contribution in [0.15, 0.2) is 24.5 Å². The van der Waals surface area contributed by atoms with E-state index >= 15 is 0 Å². The van der Waals surface area contributed by atoms with Gasteiger partial charge in [-0.3, -0.25) is 0 Å². The number of hydrogen-bond acceptors (Lipinski definition) is 5. The minimum absolute atomic E-state index is 0.408. The summed E-state index contributed by atoms with van der Waals surface area (Å²) in [7, 11) is 1.58. The fraction of sp³-hybridized carbons (Fsp3) is 0.333. The molecule has 2 aromatic rings. The second kappa shape index (κ2) is 6.23. The largest absolute Gasteiger partial charge is 0.489 e. The first-order valence-corrected chi connectivity index (χ1v) is 6.53. The normalized spacial score (nSPS) is 10.2. The molecule has 1 heterocycles. The average Bonchev–Trinajstić information content (AvgIpc) is 2.42. The van der Waals surface area contributed by atoms with Crippen molar-refractivity contribution in [1.29, 1.82) is 0 Å². The predicted molar refractivity (Wildman–Crippen MR) is 78.7 cm³/mol. The van der Waals surface area contributed by atoms with Gasteiger partial charge >= 0.3 is 0 Å². The summed E-state index contributed by atoms with van der Waals surface area (Å²) in [6, 6.07) is 5.99. The van der Waals surface area contributed by atoms with Gasteiger partial charge in [-0.1, -0.05) is 17.7 Å². The van der Waals surface area contributed by atoms with Crippen molar-refractivity contribution < 1.29 is 9.47 Å². The molecule has 0 radical (unpaired) electrons. The molecular weight excluding hydrogens is 254 g/mol. The lowest BCUT2D eigenvalue weighted by Gasteiger charge is -2.13. The second-order valence-corrected chi connectivity index (χ2v) is 4.46. The molecule has 2 rings (SSSR count). The van der Waals surface area contributed by atoms with Crippen LogP contribution in [-0.4, -0.2) is 23.6 Å². The van der Waals surface area contributed by atoms with Crippen LogP contribution < -0.4 is 14.8 Å². The van der Waals surface area contributed by atoms with Crippen LogP contribution in [0.5, 0.6) is 17.4 Å². The van der Waals surface area contributed by atoms with Crippen molar-refractivity contribution in [3.8, 4) is 17.4 Å². The lowest BCUT2D eigenvalue weighted by Crippen LogP contribution is -2.04. The number of hydrogen-bond donors (Lipinski definition) is 1. The van der Waals surface area contributed by atoms with E-state index in [2.05, 4.69) is 21.4 Å². The van der Waals surface area contributed by atoms with Crippen LogP contribution in [-0.2, 0) is 0 Å². The van der Waals surface area contributed by atoms with Gasteiger partial charge in [0.25, 0.3) is 5.88 Å². The molecule has 0 aliphatic rings. The Morgan fingerprint density at radius 1 is 1.20 bits per heavy atom. The number of ether oxygens (including phenoxy) is 2. The first-order valence-electron chi connectivity index (χ1n) is 6.53. The van der Waals surface area contributed by atoms with Crippen molar-refractivity contribution in [3.63, 3.8) is 0 Å². The molecule has 0 aliphatic carbocycles. The fourth-order valence-corrected chi connectivity index (χ4v) is 1.93. The van der Waals surface area contributed by atoms with Crippen molar-refractivity contribution in [2.45, 2.75) is 20.8 Å². The SMILES string of the molecule is CCNc1ncnc(Oc2ccc(C)cc2C)c1OC. The zero-order chi connectivity index (χ0) is 14.5. The highest BCUT2D eigenvalue weighted by Crippen LogP contribution is 2.35. The van der Waals surface area contributed by atoms with Crippen LogP contribution in [0.1, 0.15) is 18.1 Å². The zero-order valence-electron chi connectivity index (χ0n) is 12.2. The molecule has 106 valence electrons. The molecule has 0 aliphatic heterocycles. The van der Waals surface area contributed by atoms with Gasteiger partial charge in [0.2, 0.25) is 5.75 Å². The summed E-state index contributed by atoms with van der Waals surface area (Å²) in [6.07, 6.45) is 1.46. The third-order valence-corrected chi connectivity index (χ3v) is 2.86. The Balaban J connectivity index is 2.35. The van der Waals surface area contributed by atoms with E-state index in [1.165, 1.54) is 11.9 Å². The highest BCUT2D eigenvalue weighted by atomic mass is 16.5. The van der Waals surface area contributed by atoms with Crippen LogP contribution >= 0.6 is 0 Å². The highest BCUT2D eigenvalue weighted by Gasteiger charge is 2.14. The van der Waals surface area contributed by atoms with Crippen LogP contribution in [0.2, 0.25) is 0 Å². The van der Waals surface area contributed by atoms with Crippen molar-refractivity contribution in [2.24, 2.45) is 0 Å². The predicted octanol–water partition coefficient (Wildman–Crippen LogP) is 3.33. The molecule has 0 unspecified atom stereocenters. The summed E-state index contributed by atoms with van der Waals surface area (Å²) in [5.74, 6) is 2.31. The third-order valence-electron chi connectivity index (χ3n) is 2.86. The number of anilines is 1. The Morgan fingerprint density at radius 2 is 2.00 bits per heavy atom. The topological polar surface area (TPSA) is 56.3 Å². The number of methoxy groups -OCH3 is 1. The summed E-state index contributed by atoms with van der Waals surface area (Å²) in [4.78, 5) is 8.30. The van der Waals surface area contributed by atoms with Gasteiger partial charge in [0.05, 0.1) is 7.11 Å². The summed E-state index contributed by atoms with van der Waals surface area (Å²) in [5, 5.41) is 3.12. The molecule has 0 bridgehead atoms. The minimum atomic E-state index is 0.408. The lowest BCUT2D eigenvalue weighted by atomic mass is 10.1. The lowest BCUT2D eigenvalue weighted by molar-refractivity contribution is 0.368. The number of benzene rings is 1. The standard InChI is InChI=1S/C15H19N3O2/c1-5-16-14-13(19-4)15(18-9-17-14)20-12-7-6-10(2)8-11(12)3/h6-9H,5H2,1-4H3,(H,16,17,18). The molecule has 0 fully saturated rings. The number of aryl methyl sites for hydroxylation is 2. The Bertz CT molecular complexity index is 600. The molecule has 0 spiro atoms. The summed E-state index contributed by atoms with van der Waals surface area (Å²) >= 11 is 0. The molecule has 0 saturated heterocycles. The molecule has 0 atom stereocenters. The van der Waals surface area contributed by atoms with E-state index in [9.17, 15) is 0 Å². The van der Waals surface area contributed by atoms with Gasteiger partial charge in [-0.05, 0) is 32.4 Å². The molecular formula is C15H19N3O2. The fourth-order valence-electron chi connectivity index (χ4n) is 1.93. The number of aromatic nitrogens is 2. The highest BCUT2D eigenvalue weighted by molar-refractivity contribution is 5.56. The van der Waals surface area contributed by atoms with Crippen LogP contribution in [0.3, 0.4) is 0 Å². The van der Waals surface area contributed by atoms with E-state index in [-0.39, 0.29) is 0 Å². The number of rotatable bonds is 5. The van der Waals surface area contributed by atoms with Gasteiger partial charge in [0.15, 0.2) is 5.82 Å². The quantitative estimate of drug-likeness (QED) is 0.905. The zero-order valence-corrected chi connectivity index (χ0v) is 12.2.